The van der Waals surface area contributed by atoms with E-state index in [1.165, 1.54) is 24.3 Å². The standard InChI is InChI=1S/C36H38F3NO6/c1-33-12-11-25(42)14-29(33)30(38)15-28-27-13-23-18-40(46-36(23,32(44)19-41)34(27,2)16-31(43)35(28,33)39)17-21-5-9-26(10-6-21)45-20-22-3-7-24(37)8-4-22/h3-12,14,23,27-28,30-31,41,43H,13,15-20H2,1-2H3/t23-,27-,28-,30-,31-,33-,34-,35-,36-/m0/s1. The van der Waals surface area contributed by atoms with Crippen LogP contribution < -0.4 is 4.74 Å². The van der Waals surface area contributed by atoms with Crippen molar-refractivity contribution in [1.82, 2.24) is 5.06 Å². The van der Waals surface area contributed by atoms with Crippen molar-refractivity contribution in [2.75, 3.05) is 13.2 Å². The molecular weight excluding hydrogens is 599 g/mol. The number of nitrogens with zero attached hydrogens (tertiary/aromatic N) is 1. The number of hydroxylamine groups is 2. The monoisotopic (exact) mass is 637 g/mol. The van der Waals surface area contributed by atoms with Crippen LogP contribution in [0.4, 0.5) is 13.2 Å². The summed E-state index contributed by atoms with van der Waals surface area (Å²) in [7, 11) is 0. The number of allylic oxidation sites excluding steroid dienone is 4. The number of fused-ring (bicyclic) bond motifs is 7. The maximum atomic E-state index is 17.6. The van der Waals surface area contributed by atoms with Gasteiger partial charge in [0.05, 0.1) is 6.10 Å². The Hall–Kier alpha value is -3.31. The number of rotatable bonds is 7. The second-order valence-electron chi connectivity index (χ2n) is 14.1. The lowest BCUT2D eigenvalue weighted by molar-refractivity contribution is -0.269. The van der Waals surface area contributed by atoms with Gasteiger partial charge in [-0.3, -0.25) is 14.4 Å². The van der Waals surface area contributed by atoms with Gasteiger partial charge in [-0.25, -0.2) is 13.2 Å². The molecule has 7 rings (SSSR count). The smallest absolute Gasteiger partial charge is 0.192 e. The van der Waals surface area contributed by atoms with E-state index in [0.29, 0.717) is 25.3 Å². The van der Waals surface area contributed by atoms with Crippen LogP contribution in [-0.4, -0.2) is 63.5 Å². The first kappa shape index (κ1) is 31.3. The molecule has 0 aromatic heterocycles. The van der Waals surface area contributed by atoms with E-state index in [1.54, 1.807) is 24.1 Å². The highest BCUT2D eigenvalue weighted by molar-refractivity contribution is 6.01. The van der Waals surface area contributed by atoms with Gasteiger partial charge in [0.25, 0.3) is 0 Å². The van der Waals surface area contributed by atoms with E-state index < -0.39 is 70.3 Å². The molecular formula is C36H38F3NO6. The largest absolute Gasteiger partial charge is 0.489 e. The van der Waals surface area contributed by atoms with Crippen molar-refractivity contribution in [3.63, 3.8) is 0 Å². The van der Waals surface area contributed by atoms with Gasteiger partial charge in [0, 0.05) is 35.8 Å². The molecule has 3 saturated carbocycles. The summed E-state index contributed by atoms with van der Waals surface area (Å²) in [4.78, 5) is 32.4. The van der Waals surface area contributed by atoms with Gasteiger partial charge in [0.2, 0.25) is 0 Å². The van der Waals surface area contributed by atoms with Crippen LogP contribution in [0.25, 0.3) is 0 Å². The van der Waals surface area contributed by atoms with Crippen LogP contribution >= 0.6 is 0 Å². The molecule has 5 aliphatic rings. The first-order valence-corrected chi connectivity index (χ1v) is 15.9. The lowest BCUT2D eigenvalue weighted by Crippen LogP contribution is -2.70. The molecule has 46 heavy (non-hydrogen) atoms. The van der Waals surface area contributed by atoms with Crippen molar-refractivity contribution >= 4 is 11.6 Å². The summed E-state index contributed by atoms with van der Waals surface area (Å²) in [6, 6.07) is 13.5. The first-order chi connectivity index (χ1) is 21.9. The number of ether oxygens (including phenoxy) is 1. The number of halogens is 3. The zero-order valence-corrected chi connectivity index (χ0v) is 25.8. The summed E-state index contributed by atoms with van der Waals surface area (Å²) in [6.07, 6.45) is 0.681. The molecule has 1 aliphatic heterocycles. The molecule has 244 valence electrons. The molecule has 2 aromatic rings. The van der Waals surface area contributed by atoms with Crippen LogP contribution in [0.3, 0.4) is 0 Å². The molecule has 4 aliphatic carbocycles. The predicted octanol–water partition coefficient (Wildman–Crippen LogP) is 5.00. The van der Waals surface area contributed by atoms with Gasteiger partial charge in [-0.1, -0.05) is 37.3 Å². The van der Waals surface area contributed by atoms with Crippen molar-refractivity contribution in [3.05, 3.63) is 89.3 Å². The number of benzene rings is 2. The van der Waals surface area contributed by atoms with Gasteiger partial charge in [-0.05, 0) is 85.2 Å². The average molecular weight is 638 g/mol. The highest BCUT2D eigenvalue weighted by atomic mass is 19.1. The summed E-state index contributed by atoms with van der Waals surface area (Å²) < 4.78 is 52.4. The van der Waals surface area contributed by atoms with Crippen molar-refractivity contribution in [2.45, 2.75) is 69.8 Å². The normalized spacial score (nSPS) is 39.7. The lowest BCUT2D eigenvalue weighted by atomic mass is 9.44. The van der Waals surface area contributed by atoms with E-state index in [0.717, 1.165) is 17.2 Å². The van der Waals surface area contributed by atoms with E-state index in [4.69, 9.17) is 9.57 Å². The summed E-state index contributed by atoms with van der Waals surface area (Å²) in [6.45, 7) is 3.52. The van der Waals surface area contributed by atoms with Crippen LogP contribution in [0, 0.1) is 34.4 Å². The maximum Gasteiger partial charge on any atom is 0.192 e. The molecule has 4 fully saturated rings. The van der Waals surface area contributed by atoms with E-state index in [1.807, 2.05) is 31.2 Å². The minimum Gasteiger partial charge on any atom is -0.489 e. The Morgan fingerprint density at radius 3 is 2.46 bits per heavy atom. The molecule has 2 aromatic carbocycles. The van der Waals surface area contributed by atoms with Gasteiger partial charge in [0.1, 0.15) is 31.0 Å². The van der Waals surface area contributed by atoms with Gasteiger partial charge < -0.3 is 14.9 Å². The summed E-state index contributed by atoms with van der Waals surface area (Å²) in [5.74, 6) is -2.49. The third-order valence-electron chi connectivity index (χ3n) is 11.8. The third kappa shape index (κ3) is 4.33. The number of alkyl halides is 2. The van der Waals surface area contributed by atoms with Gasteiger partial charge in [-0.2, -0.15) is 5.06 Å². The summed E-state index contributed by atoms with van der Waals surface area (Å²) >= 11 is 0. The number of carbonyl (C=O) groups excluding carboxylic acids is 2. The number of hydrogen-bond acceptors (Lipinski definition) is 7. The Morgan fingerprint density at radius 2 is 1.76 bits per heavy atom. The number of hydrogen-bond donors (Lipinski definition) is 2. The molecule has 10 heteroatoms. The Kier molecular flexibility index (Phi) is 7.40. The molecule has 2 N–H and O–H groups in total. The van der Waals surface area contributed by atoms with Crippen LogP contribution in [0.15, 0.2) is 72.3 Å². The van der Waals surface area contributed by atoms with E-state index in [9.17, 15) is 24.2 Å². The predicted molar refractivity (Wildman–Crippen MR) is 161 cm³/mol. The quantitative estimate of drug-likeness (QED) is 0.442. The second-order valence-corrected chi connectivity index (χ2v) is 14.1. The fourth-order valence-corrected chi connectivity index (χ4v) is 9.68. The van der Waals surface area contributed by atoms with E-state index >= 15 is 8.78 Å². The van der Waals surface area contributed by atoms with E-state index in [2.05, 4.69) is 0 Å². The van der Waals surface area contributed by atoms with Crippen molar-refractivity contribution in [1.29, 1.82) is 0 Å². The average Bonchev–Trinajstić information content (AvgIpc) is 3.51. The molecule has 0 bridgehead atoms. The number of carbonyl (C=O) groups is 2. The summed E-state index contributed by atoms with van der Waals surface area (Å²) in [5.41, 5.74) is -4.62. The highest BCUT2D eigenvalue weighted by Crippen LogP contribution is 2.72. The van der Waals surface area contributed by atoms with Gasteiger partial charge in [0.15, 0.2) is 22.8 Å². The molecule has 7 nitrogen and oxygen atoms in total. The minimum atomic E-state index is -2.26. The second kappa shape index (κ2) is 10.9. The Balaban J connectivity index is 1.12. The highest BCUT2D eigenvalue weighted by Gasteiger charge is 2.79. The topological polar surface area (TPSA) is 96.3 Å². The molecule has 0 unspecified atom stereocenters. The van der Waals surface area contributed by atoms with Gasteiger partial charge >= 0.3 is 0 Å². The number of ketones is 2. The minimum absolute atomic E-state index is 0.0510. The first-order valence-electron chi connectivity index (χ1n) is 15.9. The number of aliphatic hydroxyl groups excluding tert-OH is 2. The maximum absolute atomic E-state index is 17.6. The molecule has 0 radical (unpaired) electrons. The van der Waals surface area contributed by atoms with Crippen LogP contribution in [0.5, 0.6) is 5.75 Å². The van der Waals surface area contributed by atoms with Crippen molar-refractivity contribution in [3.8, 4) is 5.75 Å². The van der Waals surface area contributed by atoms with Crippen LogP contribution in [0.1, 0.15) is 44.2 Å². The number of Topliss-reactive ketones (excluding diaryl/α,β-unsaturated/α-hetero) is 1. The molecule has 9 atom stereocenters. The Bertz CT molecular complexity index is 1610. The summed E-state index contributed by atoms with van der Waals surface area (Å²) in [5, 5.41) is 23.5. The Morgan fingerprint density at radius 1 is 1.07 bits per heavy atom. The number of aliphatic hydroxyl groups is 2. The van der Waals surface area contributed by atoms with E-state index in [-0.39, 0.29) is 30.8 Å². The molecule has 1 heterocycles. The SMILES string of the molecule is C[C@]12C=CC(=O)C=C1[C@@H](F)C[C@H]1[C@@H]3C[C@H]4CN(Cc5ccc(OCc6ccc(F)cc6)cc5)O[C@@]4(C(=O)CO)[C@@]3(C)C[C@H](O)[C@@]12F. The van der Waals surface area contributed by atoms with Crippen LogP contribution in [-0.2, 0) is 27.6 Å². The fourth-order valence-electron chi connectivity index (χ4n) is 9.68. The molecule has 0 amide bonds. The lowest BCUT2D eigenvalue weighted by Gasteiger charge is -2.63. The zero-order valence-electron chi connectivity index (χ0n) is 25.8. The van der Waals surface area contributed by atoms with Crippen LogP contribution in [0.2, 0.25) is 0 Å². The van der Waals surface area contributed by atoms with Gasteiger partial charge in [-0.15, -0.1) is 0 Å². The van der Waals surface area contributed by atoms with Crippen molar-refractivity contribution in [2.24, 2.45) is 28.6 Å². The third-order valence-corrected chi connectivity index (χ3v) is 11.8. The Labute approximate surface area is 265 Å². The fraction of sp³-hybridized carbons (Fsp3) is 0.500. The molecule has 0 spiro atoms. The zero-order chi connectivity index (χ0) is 32.6. The van der Waals surface area contributed by atoms with Crippen molar-refractivity contribution < 1.29 is 42.5 Å². The molecule has 1 saturated heterocycles.